The van der Waals surface area contributed by atoms with Crippen LogP contribution in [0.1, 0.15) is 6.92 Å². The molecule has 0 aliphatic heterocycles. The maximum absolute atomic E-state index is 10.3. The van der Waals surface area contributed by atoms with Crippen LogP contribution < -0.4 is 5.43 Å². The molecule has 0 aliphatic rings. The molecule has 1 N–H and O–H groups in total. The summed E-state index contributed by atoms with van der Waals surface area (Å²) < 4.78 is 4.36. The van der Waals surface area contributed by atoms with Crippen LogP contribution in [0.5, 0.6) is 5.95 Å². The van der Waals surface area contributed by atoms with Crippen molar-refractivity contribution in [1.82, 2.24) is 0 Å². The Bertz CT molecular complexity index is 243. The summed E-state index contributed by atoms with van der Waals surface area (Å²) in [6.07, 6.45) is 1.14. The summed E-state index contributed by atoms with van der Waals surface area (Å²) in [4.78, 5) is 10.3. The van der Waals surface area contributed by atoms with Gasteiger partial charge in [0.15, 0.2) is 5.43 Å². The molecule has 4 heteroatoms. The quantitative estimate of drug-likeness (QED) is 0.638. The van der Waals surface area contributed by atoms with Gasteiger partial charge in [0.25, 0.3) is 5.95 Å². The van der Waals surface area contributed by atoms with E-state index in [0.717, 1.165) is 17.6 Å². The summed E-state index contributed by atoms with van der Waals surface area (Å²) in [5.74, 6) is -0.350. The predicted octanol–water partition coefficient (Wildman–Crippen LogP) is 1.32. The predicted molar refractivity (Wildman–Crippen MR) is 37.1 cm³/mol. The summed E-state index contributed by atoms with van der Waals surface area (Å²) in [5, 5.41) is 9.45. The average molecular weight is 197 g/mol. The minimum Gasteiger partial charge on any atom is -0.481 e. The van der Waals surface area contributed by atoms with E-state index in [1.54, 1.807) is 0 Å². The molecule has 0 atom stereocenters. The molecule has 1 heterocycles. The molecule has 1 aromatic heterocycles. The molecule has 0 aliphatic carbocycles. The smallest absolute Gasteiger partial charge is 0.285 e. The monoisotopic (exact) mass is 197 g/mol. The van der Waals surface area contributed by atoms with Crippen LogP contribution in [0, 0.1) is 0 Å². The van der Waals surface area contributed by atoms with Crippen molar-refractivity contribution >= 4 is 0 Å². The van der Waals surface area contributed by atoms with Gasteiger partial charge >= 0.3 is 28.3 Å². The number of aromatic hydroxyl groups is 1. The van der Waals surface area contributed by atoms with E-state index in [9.17, 15) is 4.79 Å². The second-order valence-corrected chi connectivity index (χ2v) is 2.34. The van der Waals surface area contributed by atoms with Crippen LogP contribution in [0.4, 0.5) is 0 Å². The third kappa shape index (κ3) is 5.70. The van der Waals surface area contributed by atoms with Gasteiger partial charge in [-0.25, -0.2) is 0 Å². The van der Waals surface area contributed by atoms with E-state index in [4.69, 9.17) is 5.11 Å². The summed E-state index contributed by atoms with van der Waals surface area (Å²) in [6, 6.07) is 2.22. The molecule has 0 fully saturated rings. The van der Waals surface area contributed by atoms with Crippen molar-refractivity contribution < 1.29 is 25.5 Å². The molecule has 0 spiro atoms. The van der Waals surface area contributed by atoms with Gasteiger partial charge in [-0.2, -0.15) is 0 Å². The molecule has 0 radical (unpaired) electrons. The zero-order valence-corrected chi connectivity index (χ0v) is 7.16. The number of hydrogen-bond acceptors (Lipinski definition) is 3. The van der Waals surface area contributed by atoms with Crippen molar-refractivity contribution in [2.45, 2.75) is 12.2 Å². The van der Waals surface area contributed by atoms with E-state index in [0.29, 0.717) is 0 Å². The Balaban J connectivity index is 0.000000292. The average Bonchev–Trinajstić information content (AvgIpc) is 1.88. The fourth-order valence-electron chi connectivity index (χ4n) is 0.375. The third-order valence-electron chi connectivity index (χ3n) is 0.687. The van der Waals surface area contributed by atoms with Gasteiger partial charge in [-0.1, -0.05) is 0 Å². The summed E-state index contributed by atoms with van der Waals surface area (Å²) in [7, 11) is 0. The minimum absolute atomic E-state index is 0.256. The molecule has 0 amide bonds. The molecular formula is C7H9FeO3. The Morgan fingerprint density at radius 3 is 2.55 bits per heavy atom. The molecule has 0 aromatic carbocycles. The van der Waals surface area contributed by atoms with Crippen LogP contribution in [0.3, 0.4) is 0 Å². The largest absolute Gasteiger partial charge is 0.481 e. The summed E-state index contributed by atoms with van der Waals surface area (Å²) >= 11 is 3.49. The van der Waals surface area contributed by atoms with Gasteiger partial charge in [0.2, 0.25) is 0 Å². The molecule has 11 heavy (non-hydrogen) atoms. The van der Waals surface area contributed by atoms with Crippen molar-refractivity contribution in [3.8, 4) is 5.95 Å². The first-order valence-electron chi connectivity index (χ1n) is 3.02. The Labute approximate surface area is 72.9 Å². The van der Waals surface area contributed by atoms with E-state index in [1.807, 2.05) is 6.92 Å². The van der Waals surface area contributed by atoms with Gasteiger partial charge in [0.05, 0.1) is 12.3 Å². The molecule has 0 saturated heterocycles. The van der Waals surface area contributed by atoms with Gasteiger partial charge in [-0.3, -0.25) is 4.79 Å². The maximum Gasteiger partial charge on any atom is 0.285 e. The molecule has 0 unspecified atom stereocenters. The summed E-state index contributed by atoms with van der Waals surface area (Å²) in [5.41, 5.74) is -0.256. The van der Waals surface area contributed by atoms with Crippen molar-refractivity contribution in [3.63, 3.8) is 0 Å². The van der Waals surface area contributed by atoms with Crippen LogP contribution >= 0.6 is 0 Å². The second-order valence-electron chi connectivity index (χ2n) is 1.56. The van der Waals surface area contributed by atoms with Gasteiger partial charge in [-0.15, -0.1) is 0 Å². The van der Waals surface area contributed by atoms with Gasteiger partial charge in [-0.05, 0) is 0 Å². The van der Waals surface area contributed by atoms with Crippen LogP contribution in [0.2, 0.25) is 5.32 Å². The van der Waals surface area contributed by atoms with Gasteiger partial charge in [0.1, 0.15) is 0 Å². The Kier molecular flexibility index (Phi) is 5.61. The molecule has 1 rings (SSSR count). The normalized spacial score (nSPS) is 8.18. The Morgan fingerprint density at radius 2 is 2.27 bits per heavy atom. The van der Waals surface area contributed by atoms with E-state index in [1.165, 1.54) is 6.07 Å². The SMILES string of the molecule is C[CH2][Fe].O=c1ccoc(O)c1. The van der Waals surface area contributed by atoms with Crippen LogP contribution in [-0.2, 0) is 16.0 Å². The van der Waals surface area contributed by atoms with Crippen LogP contribution in [0.25, 0.3) is 0 Å². The molecule has 1 aromatic rings. The zero-order chi connectivity index (χ0) is 8.69. The van der Waals surface area contributed by atoms with E-state index in [2.05, 4.69) is 20.4 Å². The first kappa shape index (κ1) is 10.3. The van der Waals surface area contributed by atoms with E-state index in [-0.39, 0.29) is 11.4 Å². The van der Waals surface area contributed by atoms with Gasteiger partial charge < -0.3 is 9.52 Å². The van der Waals surface area contributed by atoms with Crippen molar-refractivity contribution in [1.29, 1.82) is 0 Å². The zero-order valence-electron chi connectivity index (χ0n) is 6.06. The molecule has 0 bridgehead atoms. The minimum atomic E-state index is -0.350. The topological polar surface area (TPSA) is 50.4 Å². The van der Waals surface area contributed by atoms with Crippen LogP contribution in [0.15, 0.2) is 27.6 Å². The molecular weight excluding hydrogens is 188 g/mol. The Morgan fingerprint density at radius 1 is 1.73 bits per heavy atom. The third-order valence-corrected chi connectivity index (χ3v) is 0.687. The van der Waals surface area contributed by atoms with Crippen molar-refractivity contribution in [2.75, 3.05) is 0 Å². The molecule has 3 nitrogen and oxygen atoms in total. The first-order chi connectivity index (χ1) is 5.20. The van der Waals surface area contributed by atoms with Crippen molar-refractivity contribution in [3.05, 3.63) is 28.6 Å². The second kappa shape index (κ2) is 6.01. The van der Waals surface area contributed by atoms with Crippen LogP contribution in [-0.4, -0.2) is 5.11 Å². The standard InChI is InChI=1S/C5H4O3.C2H5.Fe/c6-4-1-2-8-5(7)3-4;1-2;/h1-3,7H;1H2,2H3;. The fraction of sp³-hybridized carbons (Fsp3) is 0.286. The maximum atomic E-state index is 10.3. The summed E-state index contributed by atoms with van der Waals surface area (Å²) in [6.45, 7) is 2.01. The molecule has 0 saturated carbocycles. The fourth-order valence-corrected chi connectivity index (χ4v) is 0.375. The number of hydrogen-bond donors (Lipinski definition) is 1. The van der Waals surface area contributed by atoms with Gasteiger partial charge in [0, 0.05) is 6.07 Å². The van der Waals surface area contributed by atoms with Crippen molar-refractivity contribution in [2.24, 2.45) is 0 Å². The Hall–Kier alpha value is -0.731. The first-order valence-corrected chi connectivity index (χ1v) is 3.80. The van der Waals surface area contributed by atoms with E-state index < -0.39 is 0 Å². The molecule has 63 valence electrons. The number of rotatable bonds is 0. The van der Waals surface area contributed by atoms with E-state index >= 15 is 0 Å².